The summed E-state index contributed by atoms with van der Waals surface area (Å²) in [5, 5.41) is 3.27. The molecule has 0 aliphatic heterocycles. The summed E-state index contributed by atoms with van der Waals surface area (Å²) in [6.07, 6.45) is 2.52. The Bertz CT molecular complexity index is 456. The molecule has 1 aromatic rings. The maximum Gasteiger partial charge on any atom is 0.225 e. The van der Waals surface area contributed by atoms with Gasteiger partial charge in [0.25, 0.3) is 0 Å². The number of benzene rings is 1. The third-order valence-corrected chi connectivity index (χ3v) is 4.25. The van der Waals surface area contributed by atoms with Gasteiger partial charge in [0.2, 0.25) is 5.91 Å². The van der Waals surface area contributed by atoms with E-state index in [0.717, 1.165) is 12.3 Å². The molecule has 1 rings (SSSR count). The van der Waals surface area contributed by atoms with E-state index in [9.17, 15) is 4.79 Å². The number of anilines is 2. The molecule has 0 spiro atoms. The molecule has 0 heterocycles. The monoisotopic (exact) mass is 315 g/mol. The highest BCUT2D eigenvalue weighted by molar-refractivity contribution is 7.98. The average molecular weight is 316 g/mol. The van der Waals surface area contributed by atoms with Crippen molar-refractivity contribution in [3.05, 3.63) is 23.2 Å². The standard InChI is InChI=1S/C14H22ClN3OS/c1-10(9-20-3)18(2)7-6-14(19)17-13-5-4-11(16)8-12(13)15/h4-5,8,10H,6-7,9,16H2,1-3H3,(H,17,19). The van der Waals surface area contributed by atoms with Gasteiger partial charge in [-0.3, -0.25) is 4.79 Å². The Morgan fingerprint density at radius 3 is 2.85 bits per heavy atom. The van der Waals surface area contributed by atoms with Crippen LogP contribution in [0.15, 0.2) is 18.2 Å². The first-order chi connectivity index (χ1) is 9.43. The number of thioether (sulfide) groups is 1. The fourth-order valence-corrected chi connectivity index (χ4v) is 2.69. The van der Waals surface area contributed by atoms with Crippen molar-refractivity contribution in [3.63, 3.8) is 0 Å². The van der Waals surface area contributed by atoms with Crippen molar-refractivity contribution in [2.24, 2.45) is 0 Å². The van der Waals surface area contributed by atoms with E-state index in [-0.39, 0.29) is 5.91 Å². The number of halogens is 1. The lowest BCUT2D eigenvalue weighted by atomic mass is 10.2. The third kappa shape index (κ3) is 5.61. The molecule has 1 atom stereocenters. The summed E-state index contributed by atoms with van der Waals surface area (Å²) < 4.78 is 0. The molecule has 0 radical (unpaired) electrons. The maximum absolute atomic E-state index is 11.9. The van der Waals surface area contributed by atoms with Gasteiger partial charge in [0, 0.05) is 30.4 Å². The number of carbonyl (C=O) groups is 1. The first-order valence-electron chi connectivity index (χ1n) is 6.48. The van der Waals surface area contributed by atoms with Crippen LogP contribution in [-0.2, 0) is 4.79 Å². The summed E-state index contributed by atoms with van der Waals surface area (Å²) in [5.74, 6) is 1.02. The fraction of sp³-hybridized carbons (Fsp3) is 0.500. The molecule has 0 saturated heterocycles. The molecule has 0 fully saturated rings. The predicted molar refractivity (Wildman–Crippen MR) is 89.6 cm³/mol. The van der Waals surface area contributed by atoms with E-state index in [0.29, 0.717) is 28.9 Å². The van der Waals surface area contributed by atoms with Crippen molar-refractivity contribution in [3.8, 4) is 0 Å². The lowest BCUT2D eigenvalue weighted by Gasteiger charge is -2.23. The molecule has 112 valence electrons. The van der Waals surface area contributed by atoms with Crippen LogP contribution in [0.1, 0.15) is 13.3 Å². The highest BCUT2D eigenvalue weighted by Crippen LogP contribution is 2.24. The Balaban J connectivity index is 2.44. The van der Waals surface area contributed by atoms with Gasteiger partial charge in [0.1, 0.15) is 0 Å². The highest BCUT2D eigenvalue weighted by Gasteiger charge is 2.11. The second kappa shape index (κ2) is 8.39. The molecule has 0 aliphatic rings. The predicted octanol–water partition coefficient (Wildman–Crippen LogP) is 2.93. The molecular formula is C14H22ClN3OS. The lowest BCUT2D eigenvalue weighted by molar-refractivity contribution is -0.116. The van der Waals surface area contributed by atoms with Crippen molar-refractivity contribution in [2.75, 3.05) is 36.7 Å². The largest absolute Gasteiger partial charge is 0.399 e. The maximum atomic E-state index is 11.9. The smallest absolute Gasteiger partial charge is 0.225 e. The zero-order chi connectivity index (χ0) is 15.1. The molecule has 0 aliphatic carbocycles. The number of hydrogen-bond acceptors (Lipinski definition) is 4. The number of nitrogens with one attached hydrogen (secondary N) is 1. The Labute approximate surface area is 130 Å². The molecule has 4 nitrogen and oxygen atoms in total. The van der Waals surface area contributed by atoms with Crippen LogP contribution in [0.4, 0.5) is 11.4 Å². The summed E-state index contributed by atoms with van der Waals surface area (Å²) in [6, 6.07) is 5.52. The van der Waals surface area contributed by atoms with Crippen LogP contribution in [-0.4, -0.2) is 42.4 Å². The molecule has 0 aromatic heterocycles. The summed E-state index contributed by atoms with van der Waals surface area (Å²) in [5.41, 5.74) is 6.80. The topological polar surface area (TPSA) is 58.4 Å². The molecule has 1 unspecified atom stereocenters. The highest BCUT2D eigenvalue weighted by atomic mass is 35.5. The van der Waals surface area contributed by atoms with Crippen LogP contribution >= 0.6 is 23.4 Å². The number of carbonyl (C=O) groups excluding carboxylic acids is 1. The van der Waals surface area contributed by atoms with Crippen LogP contribution in [0.5, 0.6) is 0 Å². The van der Waals surface area contributed by atoms with Crippen molar-refractivity contribution < 1.29 is 4.79 Å². The number of hydrogen-bond donors (Lipinski definition) is 2. The van der Waals surface area contributed by atoms with E-state index in [4.69, 9.17) is 17.3 Å². The molecular weight excluding hydrogens is 294 g/mol. The van der Waals surface area contributed by atoms with Crippen molar-refractivity contribution in [1.29, 1.82) is 0 Å². The van der Waals surface area contributed by atoms with E-state index in [1.165, 1.54) is 0 Å². The molecule has 3 N–H and O–H groups in total. The quantitative estimate of drug-likeness (QED) is 0.760. The second-order valence-corrected chi connectivity index (χ2v) is 6.14. The van der Waals surface area contributed by atoms with E-state index in [1.54, 1.807) is 30.0 Å². The zero-order valence-electron chi connectivity index (χ0n) is 12.1. The zero-order valence-corrected chi connectivity index (χ0v) is 13.7. The van der Waals surface area contributed by atoms with Gasteiger partial charge in [-0.15, -0.1) is 0 Å². The van der Waals surface area contributed by atoms with Gasteiger partial charge < -0.3 is 16.0 Å². The van der Waals surface area contributed by atoms with E-state index < -0.39 is 0 Å². The van der Waals surface area contributed by atoms with Gasteiger partial charge in [-0.05, 0) is 38.4 Å². The molecule has 1 aromatic carbocycles. The van der Waals surface area contributed by atoms with Crippen molar-refractivity contribution in [1.82, 2.24) is 4.90 Å². The van der Waals surface area contributed by atoms with E-state index >= 15 is 0 Å². The van der Waals surface area contributed by atoms with Crippen LogP contribution in [0.3, 0.4) is 0 Å². The number of nitrogen functional groups attached to an aromatic ring is 1. The minimum absolute atomic E-state index is 0.0418. The van der Waals surface area contributed by atoms with Crippen LogP contribution in [0.2, 0.25) is 5.02 Å². The molecule has 6 heteroatoms. The number of nitrogens with two attached hydrogens (primary N) is 1. The molecule has 1 amide bonds. The summed E-state index contributed by atoms with van der Waals surface area (Å²) in [4.78, 5) is 14.1. The molecule has 20 heavy (non-hydrogen) atoms. The van der Waals surface area contributed by atoms with E-state index in [2.05, 4.69) is 23.4 Å². The summed E-state index contributed by atoms with van der Waals surface area (Å²) in [7, 11) is 2.03. The van der Waals surface area contributed by atoms with Gasteiger partial charge in [0.15, 0.2) is 0 Å². The van der Waals surface area contributed by atoms with Crippen LogP contribution < -0.4 is 11.1 Å². The summed E-state index contributed by atoms with van der Waals surface area (Å²) >= 11 is 7.83. The Kier molecular flexibility index (Phi) is 7.19. The van der Waals surface area contributed by atoms with Crippen molar-refractivity contribution >= 4 is 40.6 Å². The molecule has 0 saturated carbocycles. The average Bonchev–Trinajstić information content (AvgIpc) is 2.39. The first-order valence-corrected chi connectivity index (χ1v) is 8.25. The van der Waals surface area contributed by atoms with E-state index in [1.807, 2.05) is 7.05 Å². The van der Waals surface area contributed by atoms with Gasteiger partial charge in [0.05, 0.1) is 10.7 Å². The van der Waals surface area contributed by atoms with Crippen LogP contribution in [0, 0.1) is 0 Å². The SMILES string of the molecule is CSCC(C)N(C)CCC(=O)Nc1ccc(N)cc1Cl. The first kappa shape index (κ1) is 17.1. The second-order valence-electron chi connectivity index (χ2n) is 4.82. The Morgan fingerprint density at radius 1 is 1.55 bits per heavy atom. The van der Waals surface area contributed by atoms with Gasteiger partial charge in [-0.1, -0.05) is 11.6 Å². The van der Waals surface area contributed by atoms with Gasteiger partial charge in [-0.25, -0.2) is 0 Å². The summed E-state index contributed by atoms with van der Waals surface area (Å²) in [6.45, 7) is 2.88. The number of amides is 1. The number of nitrogens with zero attached hydrogens (tertiary/aromatic N) is 1. The minimum Gasteiger partial charge on any atom is -0.399 e. The molecule has 0 bridgehead atoms. The van der Waals surface area contributed by atoms with Crippen molar-refractivity contribution in [2.45, 2.75) is 19.4 Å². The minimum atomic E-state index is -0.0418. The third-order valence-electron chi connectivity index (χ3n) is 3.12. The van der Waals surface area contributed by atoms with Gasteiger partial charge in [-0.2, -0.15) is 11.8 Å². The van der Waals surface area contributed by atoms with Gasteiger partial charge >= 0.3 is 0 Å². The number of rotatable bonds is 7. The lowest BCUT2D eigenvalue weighted by Crippen LogP contribution is -2.33. The van der Waals surface area contributed by atoms with Crippen LogP contribution in [0.25, 0.3) is 0 Å². The normalized spacial score (nSPS) is 12.4. The fourth-order valence-electron chi connectivity index (χ4n) is 1.71. The Morgan fingerprint density at radius 2 is 2.25 bits per heavy atom. The Hall–Kier alpha value is -0.910.